The Kier molecular flexibility index (Phi) is 7.89. The first kappa shape index (κ1) is 26.3. The van der Waals surface area contributed by atoms with E-state index in [4.69, 9.17) is 9.90 Å². The number of alkyl halides is 3. The first-order valence-electron chi connectivity index (χ1n) is 11.6. The van der Waals surface area contributed by atoms with Crippen LogP contribution < -0.4 is 0 Å². The van der Waals surface area contributed by atoms with Crippen molar-refractivity contribution in [2.45, 2.75) is 31.7 Å². The standard InChI is InChI=1S/C25H24FN3O.C2HF3O2/c26-21-10-11-23-24(14-21)28-25(27-23)20-4-1-3-19(13-20)18-8-6-17(7-9-18)15-29-12-2-5-22(30)16-29;3-2(4,5)1(6)7/h1,3-4,6-11,13-14,22,30H,2,5,12,15-16H2,(H,27,28);(H,6,7). The van der Waals surface area contributed by atoms with Crippen LogP contribution in [0.5, 0.6) is 0 Å². The number of imidazole rings is 1. The van der Waals surface area contributed by atoms with E-state index in [0.717, 1.165) is 60.5 Å². The Bertz CT molecular complexity index is 1370. The van der Waals surface area contributed by atoms with Gasteiger partial charge in [-0.1, -0.05) is 42.5 Å². The summed E-state index contributed by atoms with van der Waals surface area (Å²) >= 11 is 0. The summed E-state index contributed by atoms with van der Waals surface area (Å²) in [5, 5.41) is 17.0. The molecule has 0 aliphatic carbocycles. The lowest BCUT2D eigenvalue weighted by Gasteiger charge is -2.30. The van der Waals surface area contributed by atoms with Gasteiger partial charge in [0, 0.05) is 18.7 Å². The number of rotatable bonds is 4. The van der Waals surface area contributed by atoms with Crippen LogP contribution in [0.1, 0.15) is 18.4 Å². The molecule has 37 heavy (non-hydrogen) atoms. The van der Waals surface area contributed by atoms with Crippen molar-refractivity contribution in [3.05, 3.63) is 78.1 Å². The number of nitrogens with zero attached hydrogens (tertiary/aromatic N) is 2. The Morgan fingerprint density at radius 1 is 1.03 bits per heavy atom. The number of halogens is 4. The van der Waals surface area contributed by atoms with E-state index in [2.05, 4.69) is 51.3 Å². The molecule has 3 aromatic carbocycles. The summed E-state index contributed by atoms with van der Waals surface area (Å²) in [7, 11) is 0. The van der Waals surface area contributed by atoms with Crippen LogP contribution in [-0.4, -0.2) is 56.4 Å². The maximum atomic E-state index is 13.5. The third kappa shape index (κ3) is 6.93. The van der Waals surface area contributed by atoms with E-state index >= 15 is 0 Å². The van der Waals surface area contributed by atoms with Gasteiger partial charge in [0.1, 0.15) is 11.6 Å². The fraction of sp³-hybridized carbons (Fsp3) is 0.259. The number of aliphatic hydroxyl groups excluding tert-OH is 1. The predicted octanol–water partition coefficient (Wildman–Crippen LogP) is 5.63. The molecule has 0 amide bonds. The highest BCUT2D eigenvalue weighted by Crippen LogP contribution is 2.27. The second-order valence-corrected chi connectivity index (χ2v) is 8.86. The summed E-state index contributed by atoms with van der Waals surface area (Å²) in [4.78, 5) is 19.0. The van der Waals surface area contributed by atoms with Crippen LogP contribution >= 0.6 is 0 Å². The van der Waals surface area contributed by atoms with Crippen LogP contribution in [0.3, 0.4) is 0 Å². The van der Waals surface area contributed by atoms with Crippen LogP contribution in [0.25, 0.3) is 33.5 Å². The SMILES string of the molecule is O=C(O)C(F)(F)F.OC1CCCN(Cc2ccc(-c3cccc(-c4nc5ccc(F)cc5[nH]4)c3)cc2)C1. The molecular formula is C27H25F4N3O3. The molecule has 10 heteroatoms. The van der Waals surface area contributed by atoms with E-state index < -0.39 is 12.1 Å². The molecule has 4 aromatic rings. The molecule has 194 valence electrons. The molecule has 1 aliphatic rings. The Balaban J connectivity index is 0.000000405. The summed E-state index contributed by atoms with van der Waals surface area (Å²) < 4.78 is 45.2. The topological polar surface area (TPSA) is 89.4 Å². The molecule has 1 saturated heterocycles. The number of aromatic nitrogens is 2. The lowest BCUT2D eigenvalue weighted by Crippen LogP contribution is -2.37. The highest BCUT2D eigenvalue weighted by molar-refractivity contribution is 5.80. The van der Waals surface area contributed by atoms with Crippen LogP contribution in [0.15, 0.2) is 66.7 Å². The van der Waals surface area contributed by atoms with Crippen LogP contribution in [0.4, 0.5) is 17.6 Å². The molecule has 3 N–H and O–H groups in total. The molecule has 1 aromatic heterocycles. The highest BCUT2D eigenvalue weighted by Gasteiger charge is 2.38. The predicted molar refractivity (Wildman–Crippen MR) is 131 cm³/mol. The lowest BCUT2D eigenvalue weighted by molar-refractivity contribution is -0.192. The van der Waals surface area contributed by atoms with Crippen molar-refractivity contribution in [1.29, 1.82) is 0 Å². The van der Waals surface area contributed by atoms with Crippen molar-refractivity contribution in [2.75, 3.05) is 13.1 Å². The zero-order chi connectivity index (χ0) is 26.6. The van der Waals surface area contributed by atoms with Gasteiger partial charge < -0.3 is 15.2 Å². The van der Waals surface area contributed by atoms with E-state index in [1.165, 1.54) is 17.7 Å². The van der Waals surface area contributed by atoms with Gasteiger partial charge >= 0.3 is 12.1 Å². The number of aliphatic hydroxyl groups is 1. The molecule has 2 heterocycles. The van der Waals surface area contributed by atoms with Crippen molar-refractivity contribution in [3.8, 4) is 22.5 Å². The van der Waals surface area contributed by atoms with Gasteiger partial charge in [0.15, 0.2) is 0 Å². The normalized spacial score (nSPS) is 16.3. The summed E-state index contributed by atoms with van der Waals surface area (Å²) in [6.07, 6.45) is -3.32. The fourth-order valence-electron chi connectivity index (χ4n) is 4.20. The average molecular weight is 516 g/mol. The number of fused-ring (bicyclic) bond motifs is 1. The van der Waals surface area contributed by atoms with E-state index in [-0.39, 0.29) is 11.9 Å². The van der Waals surface area contributed by atoms with Crippen LogP contribution in [-0.2, 0) is 11.3 Å². The Morgan fingerprint density at radius 3 is 2.41 bits per heavy atom. The number of hydrogen-bond acceptors (Lipinski definition) is 4. The molecule has 1 unspecified atom stereocenters. The number of carbonyl (C=O) groups is 1. The van der Waals surface area contributed by atoms with Gasteiger partial charge in [-0.05, 0) is 60.3 Å². The molecule has 0 bridgehead atoms. The molecule has 0 spiro atoms. The number of aromatic amines is 1. The summed E-state index contributed by atoms with van der Waals surface area (Å²) in [5.41, 5.74) is 5.92. The van der Waals surface area contributed by atoms with Crippen LogP contribution in [0, 0.1) is 5.82 Å². The molecule has 6 nitrogen and oxygen atoms in total. The quantitative estimate of drug-likeness (QED) is 0.307. The maximum absolute atomic E-state index is 13.5. The largest absolute Gasteiger partial charge is 0.490 e. The monoisotopic (exact) mass is 515 g/mol. The summed E-state index contributed by atoms with van der Waals surface area (Å²) in [5.74, 6) is -2.30. The average Bonchev–Trinajstić information content (AvgIpc) is 3.28. The summed E-state index contributed by atoms with van der Waals surface area (Å²) in [6.45, 7) is 2.67. The van der Waals surface area contributed by atoms with E-state index in [9.17, 15) is 22.7 Å². The minimum atomic E-state index is -5.08. The second kappa shape index (κ2) is 11.1. The van der Waals surface area contributed by atoms with Gasteiger partial charge in [-0.3, -0.25) is 4.90 Å². The molecule has 1 aliphatic heterocycles. The number of benzene rings is 3. The lowest BCUT2D eigenvalue weighted by atomic mass is 10.0. The number of piperidine rings is 1. The zero-order valence-electron chi connectivity index (χ0n) is 19.7. The minimum absolute atomic E-state index is 0.199. The third-order valence-electron chi connectivity index (χ3n) is 6.00. The number of hydrogen-bond donors (Lipinski definition) is 3. The van der Waals surface area contributed by atoms with Crippen molar-refractivity contribution in [2.24, 2.45) is 0 Å². The number of likely N-dealkylation sites (tertiary alicyclic amines) is 1. The number of aliphatic carboxylic acids is 1. The van der Waals surface area contributed by atoms with Crippen molar-refractivity contribution >= 4 is 17.0 Å². The van der Waals surface area contributed by atoms with Crippen molar-refractivity contribution in [3.63, 3.8) is 0 Å². The molecular weight excluding hydrogens is 490 g/mol. The molecule has 1 fully saturated rings. The summed E-state index contributed by atoms with van der Waals surface area (Å²) in [6, 6.07) is 21.4. The van der Waals surface area contributed by atoms with Gasteiger partial charge in [0.05, 0.1) is 17.1 Å². The van der Waals surface area contributed by atoms with Gasteiger partial charge in [-0.15, -0.1) is 0 Å². The minimum Gasteiger partial charge on any atom is -0.475 e. The molecule has 1 atom stereocenters. The van der Waals surface area contributed by atoms with E-state index in [0.29, 0.717) is 5.52 Å². The number of nitrogens with one attached hydrogen (secondary N) is 1. The first-order valence-corrected chi connectivity index (χ1v) is 11.6. The van der Waals surface area contributed by atoms with Gasteiger partial charge in [-0.2, -0.15) is 13.2 Å². The van der Waals surface area contributed by atoms with Gasteiger partial charge in [-0.25, -0.2) is 14.2 Å². The van der Waals surface area contributed by atoms with E-state index in [1.54, 1.807) is 6.07 Å². The molecule has 0 saturated carbocycles. The first-order chi connectivity index (χ1) is 17.6. The maximum Gasteiger partial charge on any atom is 0.490 e. The number of β-amino-alcohol motifs (C(OH)–C–C–N with tert-alkyl or cyclic N) is 1. The van der Waals surface area contributed by atoms with Crippen molar-refractivity contribution in [1.82, 2.24) is 14.9 Å². The second-order valence-electron chi connectivity index (χ2n) is 8.86. The molecule has 5 rings (SSSR count). The van der Waals surface area contributed by atoms with E-state index in [1.807, 2.05) is 12.1 Å². The van der Waals surface area contributed by atoms with Crippen molar-refractivity contribution < 1.29 is 32.6 Å². The highest BCUT2D eigenvalue weighted by atomic mass is 19.4. The Labute approximate surface area is 210 Å². The van der Waals surface area contributed by atoms with Gasteiger partial charge in [0.2, 0.25) is 0 Å². The number of carboxylic acids is 1. The zero-order valence-corrected chi connectivity index (χ0v) is 19.7. The van der Waals surface area contributed by atoms with Crippen LogP contribution in [0.2, 0.25) is 0 Å². The van der Waals surface area contributed by atoms with Gasteiger partial charge in [0.25, 0.3) is 0 Å². The fourth-order valence-corrected chi connectivity index (χ4v) is 4.20. The Hall–Kier alpha value is -3.76. The molecule has 0 radical (unpaired) electrons. The Morgan fingerprint density at radius 2 is 1.73 bits per heavy atom. The smallest absolute Gasteiger partial charge is 0.475 e. The number of carboxylic acid groups (broad SMARTS) is 1. The number of H-pyrrole nitrogens is 1. The third-order valence-corrected chi connectivity index (χ3v) is 6.00.